The highest BCUT2D eigenvalue weighted by atomic mass is 19.1. The first kappa shape index (κ1) is 14.5. The van der Waals surface area contributed by atoms with Crippen LogP contribution < -0.4 is 5.32 Å². The Morgan fingerprint density at radius 3 is 2.74 bits per heavy atom. The molecule has 2 rings (SSSR count). The Hall–Kier alpha value is -0.930. The number of hydrogen-bond donors (Lipinski definition) is 1. The molecule has 2 nitrogen and oxygen atoms in total. The van der Waals surface area contributed by atoms with Crippen molar-refractivity contribution in [2.24, 2.45) is 0 Å². The third kappa shape index (κ3) is 4.29. The van der Waals surface area contributed by atoms with Crippen molar-refractivity contribution >= 4 is 0 Å². The fourth-order valence-corrected chi connectivity index (χ4v) is 2.60. The maximum absolute atomic E-state index is 13.7. The van der Waals surface area contributed by atoms with Gasteiger partial charge in [-0.1, -0.05) is 18.2 Å². The molecule has 0 saturated carbocycles. The van der Waals surface area contributed by atoms with Crippen LogP contribution in [0.4, 0.5) is 4.39 Å². The molecule has 1 fully saturated rings. The second kappa shape index (κ2) is 6.02. The Morgan fingerprint density at radius 1 is 1.32 bits per heavy atom. The summed E-state index contributed by atoms with van der Waals surface area (Å²) >= 11 is 0. The van der Waals surface area contributed by atoms with Gasteiger partial charge in [0.2, 0.25) is 0 Å². The van der Waals surface area contributed by atoms with Gasteiger partial charge in [0.15, 0.2) is 0 Å². The van der Waals surface area contributed by atoms with Crippen LogP contribution in [0.15, 0.2) is 24.3 Å². The van der Waals surface area contributed by atoms with Crippen LogP contribution in [-0.4, -0.2) is 29.6 Å². The lowest BCUT2D eigenvalue weighted by Crippen LogP contribution is -2.45. The SMILES string of the molecule is CC(C)(C)NCC1CCCN1Cc1ccccc1F. The molecule has 0 radical (unpaired) electrons. The van der Waals surface area contributed by atoms with Gasteiger partial charge in [0.25, 0.3) is 0 Å². The van der Waals surface area contributed by atoms with Crippen molar-refractivity contribution in [3.63, 3.8) is 0 Å². The number of nitrogens with one attached hydrogen (secondary N) is 1. The highest BCUT2D eigenvalue weighted by molar-refractivity contribution is 5.17. The van der Waals surface area contributed by atoms with Crippen LogP contribution in [-0.2, 0) is 6.54 Å². The van der Waals surface area contributed by atoms with Crippen LogP contribution in [0.1, 0.15) is 39.2 Å². The predicted molar refractivity (Wildman–Crippen MR) is 77.6 cm³/mol. The zero-order valence-electron chi connectivity index (χ0n) is 12.2. The van der Waals surface area contributed by atoms with Gasteiger partial charge in [-0.3, -0.25) is 4.90 Å². The van der Waals surface area contributed by atoms with E-state index in [1.807, 2.05) is 12.1 Å². The van der Waals surface area contributed by atoms with Crippen molar-refractivity contribution < 1.29 is 4.39 Å². The summed E-state index contributed by atoms with van der Waals surface area (Å²) in [6.07, 6.45) is 2.42. The number of nitrogens with zero attached hydrogens (tertiary/aromatic N) is 1. The molecule has 19 heavy (non-hydrogen) atoms. The Morgan fingerprint density at radius 2 is 2.05 bits per heavy atom. The van der Waals surface area contributed by atoms with E-state index in [9.17, 15) is 4.39 Å². The van der Waals surface area contributed by atoms with Crippen LogP contribution in [0.5, 0.6) is 0 Å². The summed E-state index contributed by atoms with van der Waals surface area (Å²) in [6.45, 7) is 9.33. The van der Waals surface area contributed by atoms with Gasteiger partial charge in [0.05, 0.1) is 0 Å². The van der Waals surface area contributed by atoms with E-state index < -0.39 is 0 Å². The van der Waals surface area contributed by atoms with Gasteiger partial charge < -0.3 is 5.32 Å². The fourth-order valence-electron chi connectivity index (χ4n) is 2.60. The third-order valence-electron chi connectivity index (χ3n) is 3.70. The lowest BCUT2D eigenvalue weighted by atomic mass is 10.1. The number of likely N-dealkylation sites (tertiary alicyclic amines) is 1. The van der Waals surface area contributed by atoms with E-state index in [4.69, 9.17) is 0 Å². The van der Waals surface area contributed by atoms with E-state index in [1.165, 1.54) is 12.8 Å². The number of rotatable bonds is 4. The first-order chi connectivity index (χ1) is 8.96. The highest BCUT2D eigenvalue weighted by Gasteiger charge is 2.26. The Labute approximate surface area is 116 Å². The van der Waals surface area contributed by atoms with E-state index in [1.54, 1.807) is 12.1 Å². The van der Waals surface area contributed by atoms with Crippen LogP contribution in [0.2, 0.25) is 0 Å². The molecular weight excluding hydrogens is 239 g/mol. The smallest absolute Gasteiger partial charge is 0.127 e. The molecule has 0 spiro atoms. The molecule has 0 bridgehead atoms. The molecule has 1 heterocycles. The zero-order chi connectivity index (χ0) is 13.9. The summed E-state index contributed by atoms with van der Waals surface area (Å²) in [5.41, 5.74) is 0.955. The average Bonchev–Trinajstić information content (AvgIpc) is 2.76. The average molecular weight is 264 g/mol. The van der Waals surface area contributed by atoms with Crippen molar-refractivity contribution in [1.82, 2.24) is 10.2 Å². The van der Waals surface area contributed by atoms with Gasteiger partial charge in [-0.05, 0) is 46.2 Å². The Kier molecular flexibility index (Phi) is 4.58. The Bertz CT molecular complexity index is 411. The lowest BCUT2D eigenvalue weighted by Gasteiger charge is -2.29. The summed E-state index contributed by atoms with van der Waals surface area (Å²) in [5, 5.41) is 3.56. The van der Waals surface area contributed by atoms with Crippen molar-refractivity contribution in [3.8, 4) is 0 Å². The molecule has 1 aromatic carbocycles. The number of hydrogen-bond acceptors (Lipinski definition) is 2. The predicted octanol–water partition coefficient (Wildman–Crippen LogP) is 3.18. The molecule has 1 N–H and O–H groups in total. The molecule has 1 atom stereocenters. The Balaban J connectivity index is 1.94. The lowest BCUT2D eigenvalue weighted by molar-refractivity contribution is 0.223. The van der Waals surface area contributed by atoms with Gasteiger partial charge in [-0.15, -0.1) is 0 Å². The van der Waals surface area contributed by atoms with E-state index in [2.05, 4.69) is 31.0 Å². The van der Waals surface area contributed by atoms with Gasteiger partial charge in [-0.2, -0.15) is 0 Å². The molecule has 1 aliphatic rings. The van der Waals surface area contributed by atoms with Crippen LogP contribution in [0.3, 0.4) is 0 Å². The zero-order valence-corrected chi connectivity index (χ0v) is 12.2. The minimum absolute atomic E-state index is 0.0862. The van der Waals surface area contributed by atoms with Crippen molar-refractivity contribution in [3.05, 3.63) is 35.6 Å². The van der Waals surface area contributed by atoms with Crippen molar-refractivity contribution in [1.29, 1.82) is 0 Å². The molecule has 0 aliphatic carbocycles. The second-order valence-corrected chi connectivity index (χ2v) is 6.49. The minimum atomic E-state index is -0.0862. The van der Waals surface area contributed by atoms with Gasteiger partial charge in [0.1, 0.15) is 5.82 Å². The fraction of sp³-hybridized carbons (Fsp3) is 0.625. The molecule has 1 unspecified atom stereocenters. The van der Waals surface area contributed by atoms with Crippen LogP contribution >= 0.6 is 0 Å². The summed E-state index contributed by atoms with van der Waals surface area (Å²) < 4.78 is 13.7. The van der Waals surface area contributed by atoms with Crippen LogP contribution in [0, 0.1) is 5.82 Å². The van der Waals surface area contributed by atoms with E-state index in [0.717, 1.165) is 25.2 Å². The van der Waals surface area contributed by atoms with Crippen molar-refractivity contribution in [2.75, 3.05) is 13.1 Å². The molecule has 1 saturated heterocycles. The number of benzene rings is 1. The van der Waals surface area contributed by atoms with E-state index in [0.29, 0.717) is 6.04 Å². The largest absolute Gasteiger partial charge is 0.311 e. The molecule has 3 heteroatoms. The standard InChI is InChI=1S/C16H25FN2/c1-16(2,3)18-11-14-8-6-10-19(14)12-13-7-4-5-9-15(13)17/h4-5,7,9,14,18H,6,8,10-12H2,1-3H3. The molecule has 0 aromatic heterocycles. The topological polar surface area (TPSA) is 15.3 Å². The van der Waals surface area contributed by atoms with Gasteiger partial charge in [-0.25, -0.2) is 4.39 Å². The normalized spacial score (nSPS) is 20.9. The van der Waals surface area contributed by atoms with Crippen molar-refractivity contribution in [2.45, 2.75) is 51.7 Å². The van der Waals surface area contributed by atoms with E-state index in [-0.39, 0.29) is 11.4 Å². The van der Waals surface area contributed by atoms with Crippen LogP contribution in [0.25, 0.3) is 0 Å². The summed E-state index contributed by atoms with van der Waals surface area (Å²) in [6, 6.07) is 7.63. The summed E-state index contributed by atoms with van der Waals surface area (Å²) in [7, 11) is 0. The summed E-state index contributed by atoms with van der Waals surface area (Å²) in [4.78, 5) is 2.40. The van der Waals surface area contributed by atoms with Gasteiger partial charge in [0, 0.05) is 30.2 Å². The third-order valence-corrected chi connectivity index (χ3v) is 3.70. The second-order valence-electron chi connectivity index (χ2n) is 6.49. The minimum Gasteiger partial charge on any atom is -0.311 e. The molecule has 0 amide bonds. The summed E-state index contributed by atoms with van der Waals surface area (Å²) in [5.74, 6) is -0.0862. The molecule has 106 valence electrons. The van der Waals surface area contributed by atoms with Gasteiger partial charge >= 0.3 is 0 Å². The van der Waals surface area contributed by atoms with E-state index >= 15 is 0 Å². The molecular formula is C16H25FN2. The quantitative estimate of drug-likeness (QED) is 0.898. The maximum Gasteiger partial charge on any atom is 0.127 e. The number of halogens is 1. The highest BCUT2D eigenvalue weighted by Crippen LogP contribution is 2.21. The monoisotopic (exact) mass is 264 g/mol. The first-order valence-electron chi connectivity index (χ1n) is 7.18. The molecule has 1 aromatic rings. The first-order valence-corrected chi connectivity index (χ1v) is 7.18. The maximum atomic E-state index is 13.7. The molecule has 1 aliphatic heterocycles.